The molecule has 0 aliphatic heterocycles. The lowest BCUT2D eigenvalue weighted by Crippen LogP contribution is -2.30. The number of carbonyl (C=O) groups is 2. The van der Waals surface area contributed by atoms with Gasteiger partial charge in [-0.05, 0) is 62.3 Å². The average Bonchev–Trinajstić information content (AvgIpc) is 2.55. The molecule has 1 aromatic rings. The lowest BCUT2D eigenvalue weighted by molar-refractivity contribution is -0.144. The lowest BCUT2D eigenvalue weighted by Gasteiger charge is -2.31. The number of hydrogen-bond acceptors (Lipinski definition) is 2. The van der Waals surface area contributed by atoms with E-state index in [1.807, 2.05) is 0 Å². The molecule has 3 nitrogen and oxygen atoms in total. The summed E-state index contributed by atoms with van der Waals surface area (Å²) in [4.78, 5) is 24.0. The molecule has 2 rings (SSSR count). The van der Waals surface area contributed by atoms with E-state index in [1.165, 1.54) is 0 Å². The molecule has 0 radical (unpaired) electrons. The zero-order valence-electron chi connectivity index (χ0n) is 13.6. The van der Waals surface area contributed by atoms with Crippen LogP contribution in [0.3, 0.4) is 0 Å². The minimum atomic E-state index is -0.675. The van der Waals surface area contributed by atoms with Gasteiger partial charge in [0.25, 0.3) is 0 Å². The number of Topliss-reactive ketones (excluding diaryl/α,β-unsaturated/α-hetero) is 1. The normalized spacial score (nSPS) is 22.5. The van der Waals surface area contributed by atoms with Crippen LogP contribution in [0.25, 0.3) is 0 Å². The topological polar surface area (TPSA) is 54.4 Å². The molecule has 0 saturated heterocycles. The van der Waals surface area contributed by atoms with Gasteiger partial charge in [0.05, 0.1) is 5.92 Å². The second-order valence-electron chi connectivity index (χ2n) is 6.57. The van der Waals surface area contributed by atoms with Crippen molar-refractivity contribution in [2.45, 2.75) is 51.9 Å². The van der Waals surface area contributed by atoms with E-state index < -0.39 is 5.97 Å². The number of carboxylic acid groups (broad SMARTS) is 1. The predicted octanol–water partition coefficient (Wildman–Crippen LogP) is 5.22. The predicted molar refractivity (Wildman–Crippen MR) is 91.9 cm³/mol. The quantitative estimate of drug-likeness (QED) is 0.694. The van der Waals surface area contributed by atoms with Crippen LogP contribution in [0.1, 0.15) is 62.2 Å². The highest BCUT2D eigenvalue weighted by Gasteiger charge is 2.33. The summed E-state index contributed by atoms with van der Waals surface area (Å²) >= 11 is 5.86. The highest BCUT2D eigenvalue weighted by molar-refractivity contribution is 6.30. The van der Waals surface area contributed by atoms with Crippen molar-refractivity contribution in [2.24, 2.45) is 17.8 Å². The number of benzene rings is 1. The van der Waals surface area contributed by atoms with Crippen LogP contribution in [0, 0.1) is 17.8 Å². The van der Waals surface area contributed by atoms with Gasteiger partial charge >= 0.3 is 5.97 Å². The maximum atomic E-state index is 12.5. The number of unbranched alkanes of at least 4 members (excludes halogenated alkanes) is 1. The van der Waals surface area contributed by atoms with Gasteiger partial charge < -0.3 is 5.11 Å². The average molecular weight is 337 g/mol. The Morgan fingerprint density at radius 1 is 1.17 bits per heavy atom. The Labute approximate surface area is 143 Å². The summed E-state index contributed by atoms with van der Waals surface area (Å²) < 4.78 is 0. The Balaban J connectivity index is 1.93. The third-order valence-electron chi connectivity index (χ3n) is 5.03. The Morgan fingerprint density at radius 2 is 1.78 bits per heavy atom. The minimum absolute atomic E-state index is 0.0213. The number of hydrogen-bond donors (Lipinski definition) is 1. The third-order valence-corrected chi connectivity index (χ3v) is 5.28. The molecule has 1 N–H and O–H groups in total. The molecule has 0 amide bonds. The van der Waals surface area contributed by atoms with Gasteiger partial charge in [0.2, 0.25) is 0 Å². The van der Waals surface area contributed by atoms with Gasteiger partial charge in [-0.15, -0.1) is 0 Å². The molecule has 1 aliphatic carbocycles. The van der Waals surface area contributed by atoms with E-state index in [4.69, 9.17) is 11.6 Å². The Kier molecular flexibility index (Phi) is 6.64. The maximum Gasteiger partial charge on any atom is 0.306 e. The van der Waals surface area contributed by atoms with Gasteiger partial charge in [0.1, 0.15) is 0 Å². The van der Waals surface area contributed by atoms with Crippen LogP contribution in [0.15, 0.2) is 24.3 Å². The van der Waals surface area contributed by atoms with Crippen LogP contribution in [0.2, 0.25) is 5.02 Å². The van der Waals surface area contributed by atoms with Crippen LogP contribution < -0.4 is 0 Å². The summed E-state index contributed by atoms with van der Waals surface area (Å²) in [5.74, 6) is -0.519. The van der Waals surface area contributed by atoms with E-state index in [0.717, 1.165) is 44.9 Å². The van der Waals surface area contributed by atoms with Crippen molar-refractivity contribution in [3.05, 3.63) is 34.9 Å². The molecule has 1 saturated carbocycles. The van der Waals surface area contributed by atoms with Gasteiger partial charge in [-0.1, -0.05) is 31.4 Å². The summed E-state index contributed by atoms with van der Waals surface area (Å²) in [6, 6.07) is 7.04. The molecular formula is C19H25ClO3. The second kappa shape index (κ2) is 8.49. The first-order valence-electron chi connectivity index (χ1n) is 8.55. The van der Waals surface area contributed by atoms with E-state index in [0.29, 0.717) is 10.6 Å². The fourth-order valence-electron chi connectivity index (χ4n) is 3.62. The largest absolute Gasteiger partial charge is 0.481 e. The summed E-state index contributed by atoms with van der Waals surface area (Å²) in [5.41, 5.74) is 0.707. The Bertz CT molecular complexity index is 530. The monoisotopic (exact) mass is 336 g/mol. The van der Waals surface area contributed by atoms with E-state index in [9.17, 15) is 14.7 Å². The number of halogens is 1. The molecule has 4 heteroatoms. The summed E-state index contributed by atoms with van der Waals surface area (Å²) in [7, 11) is 0. The van der Waals surface area contributed by atoms with Gasteiger partial charge in [0, 0.05) is 16.5 Å². The van der Waals surface area contributed by atoms with Gasteiger partial charge in [0.15, 0.2) is 5.78 Å². The van der Waals surface area contributed by atoms with Crippen molar-refractivity contribution < 1.29 is 14.7 Å². The van der Waals surface area contributed by atoms with Gasteiger partial charge in [-0.3, -0.25) is 9.59 Å². The Morgan fingerprint density at radius 3 is 2.30 bits per heavy atom. The molecule has 0 heterocycles. The van der Waals surface area contributed by atoms with Crippen molar-refractivity contribution in [2.75, 3.05) is 0 Å². The fourth-order valence-corrected chi connectivity index (χ4v) is 3.74. The van der Waals surface area contributed by atoms with Crippen LogP contribution in [-0.2, 0) is 4.79 Å². The molecule has 0 bridgehead atoms. The van der Waals surface area contributed by atoms with Gasteiger partial charge in [-0.2, -0.15) is 0 Å². The Hall–Kier alpha value is -1.35. The highest BCUT2D eigenvalue weighted by Crippen LogP contribution is 2.37. The lowest BCUT2D eigenvalue weighted by atomic mass is 9.72. The number of rotatable bonds is 7. The number of ketones is 1. The van der Waals surface area contributed by atoms with E-state index in [1.54, 1.807) is 24.3 Å². The summed E-state index contributed by atoms with van der Waals surface area (Å²) in [6.45, 7) is 2.08. The summed E-state index contributed by atoms with van der Waals surface area (Å²) in [6.07, 6.45) is 6.00. The molecule has 0 aromatic heterocycles. The maximum absolute atomic E-state index is 12.5. The third kappa shape index (κ3) is 4.81. The van der Waals surface area contributed by atoms with E-state index in [-0.39, 0.29) is 23.5 Å². The molecule has 0 spiro atoms. The van der Waals surface area contributed by atoms with Gasteiger partial charge in [-0.25, -0.2) is 0 Å². The first-order valence-corrected chi connectivity index (χ1v) is 8.93. The molecule has 23 heavy (non-hydrogen) atoms. The smallest absolute Gasteiger partial charge is 0.306 e. The zero-order chi connectivity index (χ0) is 16.8. The highest BCUT2D eigenvalue weighted by atomic mass is 35.5. The first kappa shape index (κ1) is 18.0. The van der Waals surface area contributed by atoms with Crippen molar-refractivity contribution >= 4 is 23.4 Å². The van der Waals surface area contributed by atoms with Crippen molar-refractivity contribution in [1.29, 1.82) is 0 Å². The molecular weight excluding hydrogens is 312 g/mol. The fraction of sp³-hybridized carbons (Fsp3) is 0.579. The zero-order valence-corrected chi connectivity index (χ0v) is 14.4. The van der Waals surface area contributed by atoms with Crippen LogP contribution in [0.4, 0.5) is 0 Å². The van der Waals surface area contributed by atoms with Crippen molar-refractivity contribution in [1.82, 2.24) is 0 Å². The van der Waals surface area contributed by atoms with Crippen molar-refractivity contribution in [3.8, 4) is 0 Å². The number of carboxylic acids is 1. The SMILES string of the molecule is CCCCC(C(=O)O)C1CCC(C(=O)c2ccc(Cl)cc2)CC1. The number of aliphatic carboxylic acids is 1. The first-order chi connectivity index (χ1) is 11.0. The second-order valence-corrected chi connectivity index (χ2v) is 7.01. The molecule has 1 atom stereocenters. The van der Waals surface area contributed by atoms with Crippen LogP contribution in [0.5, 0.6) is 0 Å². The van der Waals surface area contributed by atoms with Crippen molar-refractivity contribution in [3.63, 3.8) is 0 Å². The standard InChI is InChI=1S/C19H25ClO3/c1-2-3-4-17(19(22)23)13-5-7-14(8-6-13)18(21)15-9-11-16(20)12-10-15/h9-14,17H,2-8H2,1H3,(H,22,23). The molecule has 1 unspecified atom stereocenters. The molecule has 1 fully saturated rings. The van der Waals surface area contributed by atoms with E-state index in [2.05, 4.69) is 6.92 Å². The molecule has 126 valence electrons. The molecule has 1 aliphatic rings. The minimum Gasteiger partial charge on any atom is -0.481 e. The summed E-state index contributed by atoms with van der Waals surface area (Å²) in [5, 5.41) is 10.1. The molecule has 1 aromatic carbocycles. The van der Waals surface area contributed by atoms with E-state index >= 15 is 0 Å². The van der Waals surface area contributed by atoms with Crippen LogP contribution in [-0.4, -0.2) is 16.9 Å². The van der Waals surface area contributed by atoms with Crippen LogP contribution >= 0.6 is 11.6 Å². The number of carbonyl (C=O) groups excluding carboxylic acids is 1.